The molecule has 118 valence electrons. The number of morpholine rings is 1. The van der Waals surface area contributed by atoms with Crippen LogP contribution in [0.4, 0.5) is 0 Å². The summed E-state index contributed by atoms with van der Waals surface area (Å²) in [6.45, 7) is 0. The van der Waals surface area contributed by atoms with E-state index >= 15 is 0 Å². The molecule has 1 saturated heterocycles. The molecule has 5 nitrogen and oxygen atoms in total. The Balaban J connectivity index is 1.79. The van der Waals surface area contributed by atoms with Crippen LogP contribution < -0.4 is 0 Å². The van der Waals surface area contributed by atoms with Crippen molar-refractivity contribution in [3.8, 4) is 5.75 Å². The molecule has 0 bridgehead atoms. The molecular formula is C18H17NO4. The van der Waals surface area contributed by atoms with Gasteiger partial charge in [-0.15, -0.1) is 0 Å². The van der Waals surface area contributed by atoms with Crippen molar-refractivity contribution in [1.82, 2.24) is 4.90 Å². The number of likely N-dealkylation sites (N-methyl/N-ethyl adjacent to an activating group) is 1. The summed E-state index contributed by atoms with van der Waals surface area (Å²) in [5.41, 5.74) is 1.52. The third-order valence-corrected chi connectivity index (χ3v) is 4.01. The van der Waals surface area contributed by atoms with Gasteiger partial charge in [0.15, 0.2) is 0 Å². The number of esters is 1. The molecule has 0 aliphatic carbocycles. The molecule has 5 heteroatoms. The highest BCUT2D eigenvalue weighted by atomic mass is 16.6. The maximum atomic E-state index is 12.5. The zero-order valence-electron chi connectivity index (χ0n) is 12.7. The highest BCUT2D eigenvalue weighted by Gasteiger charge is 2.41. The Hall–Kier alpha value is -2.82. The lowest BCUT2D eigenvalue weighted by Crippen LogP contribution is -2.52. The van der Waals surface area contributed by atoms with Gasteiger partial charge in [0, 0.05) is 19.0 Å². The summed E-state index contributed by atoms with van der Waals surface area (Å²) in [6, 6.07) is 14.9. The summed E-state index contributed by atoms with van der Waals surface area (Å²) in [5, 5.41) is 9.31. The number of aromatic hydroxyl groups is 1. The number of hydrogen-bond donors (Lipinski definition) is 1. The standard InChI is InChI=1S/C18H17NO4/c1-19-15(11-12-7-9-14(20)10-8-12)18(22)23-16(17(19)21)13-5-3-2-4-6-13/h2-10,15-16,20H,11H2,1H3/t15-,16-/m0/s1. The van der Waals surface area contributed by atoms with Crippen LogP contribution >= 0.6 is 0 Å². The SMILES string of the molecule is CN1C(=O)[C@H](c2ccccc2)OC(=O)[C@@H]1Cc1ccc(O)cc1. The van der Waals surface area contributed by atoms with Crippen LogP contribution in [0.15, 0.2) is 54.6 Å². The lowest BCUT2D eigenvalue weighted by atomic mass is 10.0. The first kappa shape index (κ1) is 15.1. The quantitative estimate of drug-likeness (QED) is 0.881. The van der Waals surface area contributed by atoms with Gasteiger partial charge in [0.2, 0.25) is 6.10 Å². The predicted octanol–water partition coefficient (Wildman–Crippen LogP) is 2.06. The first-order valence-corrected chi connectivity index (χ1v) is 7.36. The molecule has 3 rings (SSSR count). The topological polar surface area (TPSA) is 66.8 Å². The Kier molecular flexibility index (Phi) is 4.02. The fourth-order valence-electron chi connectivity index (χ4n) is 2.66. The Bertz CT molecular complexity index is 712. The van der Waals surface area contributed by atoms with Gasteiger partial charge < -0.3 is 14.7 Å². The fourth-order valence-corrected chi connectivity index (χ4v) is 2.66. The van der Waals surface area contributed by atoms with Crippen LogP contribution in [-0.4, -0.2) is 35.0 Å². The number of rotatable bonds is 3. The van der Waals surface area contributed by atoms with Crippen molar-refractivity contribution < 1.29 is 19.4 Å². The van der Waals surface area contributed by atoms with Crippen molar-refractivity contribution in [3.05, 3.63) is 65.7 Å². The van der Waals surface area contributed by atoms with Gasteiger partial charge in [-0.3, -0.25) is 4.79 Å². The van der Waals surface area contributed by atoms with Crippen molar-refractivity contribution in [2.45, 2.75) is 18.6 Å². The zero-order chi connectivity index (χ0) is 16.4. The molecule has 1 aliphatic heterocycles. The molecule has 1 heterocycles. The van der Waals surface area contributed by atoms with Crippen molar-refractivity contribution >= 4 is 11.9 Å². The number of hydrogen-bond acceptors (Lipinski definition) is 4. The van der Waals surface area contributed by atoms with Crippen LogP contribution in [0.1, 0.15) is 17.2 Å². The van der Waals surface area contributed by atoms with E-state index in [1.54, 1.807) is 55.6 Å². The number of ether oxygens (including phenoxy) is 1. The maximum Gasteiger partial charge on any atom is 0.330 e. The molecule has 23 heavy (non-hydrogen) atoms. The van der Waals surface area contributed by atoms with Crippen LogP contribution in [0.5, 0.6) is 5.75 Å². The van der Waals surface area contributed by atoms with Gasteiger partial charge in [-0.2, -0.15) is 0 Å². The molecule has 0 spiro atoms. The minimum Gasteiger partial charge on any atom is -0.508 e. The highest BCUT2D eigenvalue weighted by Crippen LogP contribution is 2.27. The van der Waals surface area contributed by atoms with E-state index in [0.717, 1.165) is 5.56 Å². The van der Waals surface area contributed by atoms with Gasteiger partial charge >= 0.3 is 5.97 Å². The minimum atomic E-state index is -0.884. The van der Waals surface area contributed by atoms with Crippen LogP contribution in [0.3, 0.4) is 0 Å². The average Bonchev–Trinajstić information content (AvgIpc) is 2.57. The molecule has 1 N–H and O–H groups in total. The lowest BCUT2D eigenvalue weighted by Gasteiger charge is -2.35. The van der Waals surface area contributed by atoms with Gasteiger partial charge in [-0.05, 0) is 17.7 Å². The van der Waals surface area contributed by atoms with Gasteiger partial charge in [0.05, 0.1) is 0 Å². The summed E-state index contributed by atoms with van der Waals surface area (Å²) >= 11 is 0. The van der Waals surface area contributed by atoms with E-state index in [2.05, 4.69) is 0 Å². The van der Waals surface area contributed by atoms with Crippen molar-refractivity contribution in [2.75, 3.05) is 7.05 Å². The van der Waals surface area contributed by atoms with Crippen LogP contribution in [0.25, 0.3) is 0 Å². The molecule has 0 aromatic heterocycles. The second-order valence-electron chi connectivity index (χ2n) is 5.56. The average molecular weight is 311 g/mol. The lowest BCUT2D eigenvalue weighted by molar-refractivity contribution is -0.177. The molecule has 2 atom stereocenters. The second kappa shape index (κ2) is 6.12. The Morgan fingerprint density at radius 1 is 1.04 bits per heavy atom. The normalized spacial score (nSPS) is 21.2. The molecule has 0 saturated carbocycles. The molecule has 0 unspecified atom stereocenters. The number of phenols is 1. The highest BCUT2D eigenvalue weighted by molar-refractivity contribution is 5.93. The summed E-state index contributed by atoms with van der Waals surface area (Å²) in [4.78, 5) is 26.3. The number of carbonyl (C=O) groups is 2. The summed E-state index contributed by atoms with van der Waals surface area (Å²) in [7, 11) is 1.61. The number of benzene rings is 2. The summed E-state index contributed by atoms with van der Waals surface area (Å²) in [5.74, 6) is -0.498. The number of carbonyl (C=O) groups excluding carboxylic acids is 2. The number of cyclic esters (lactones) is 1. The number of amides is 1. The Labute approximate surface area is 134 Å². The van der Waals surface area contributed by atoms with Gasteiger partial charge in [-0.1, -0.05) is 42.5 Å². The van der Waals surface area contributed by atoms with E-state index < -0.39 is 18.1 Å². The van der Waals surface area contributed by atoms with Gasteiger partial charge in [0.25, 0.3) is 5.91 Å². The Morgan fingerprint density at radius 3 is 2.35 bits per heavy atom. The molecular weight excluding hydrogens is 294 g/mol. The van der Waals surface area contributed by atoms with E-state index in [1.165, 1.54) is 4.90 Å². The van der Waals surface area contributed by atoms with E-state index in [0.29, 0.717) is 12.0 Å². The third kappa shape index (κ3) is 3.04. The van der Waals surface area contributed by atoms with E-state index in [-0.39, 0.29) is 11.7 Å². The monoisotopic (exact) mass is 311 g/mol. The molecule has 1 aliphatic rings. The fraction of sp³-hybridized carbons (Fsp3) is 0.222. The van der Waals surface area contributed by atoms with E-state index in [1.807, 2.05) is 6.07 Å². The number of nitrogens with zero attached hydrogens (tertiary/aromatic N) is 1. The first-order chi connectivity index (χ1) is 11.1. The van der Waals surface area contributed by atoms with E-state index in [9.17, 15) is 14.7 Å². The maximum absolute atomic E-state index is 12.5. The Morgan fingerprint density at radius 2 is 1.70 bits per heavy atom. The molecule has 2 aromatic rings. The molecule has 0 radical (unpaired) electrons. The third-order valence-electron chi connectivity index (χ3n) is 4.01. The summed E-state index contributed by atoms with van der Waals surface area (Å²) < 4.78 is 5.38. The molecule has 2 aromatic carbocycles. The van der Waals surface area contributed by atoms with Crippen molar-refractivity contribution in [1.29, 1.82) is 0 Å². The molecule has 1 amide bonds. The zero-order valence-corrected chi connectivity index (χ0v) is 12.7. The smallest absolute Gasteiger partial charge is 0.330 e. The number of phenolic OH excluding ortho intramolecular Hbond substituents is 1. The first-order valence-electron chi connectivity index (χ1n) is 7.36. The van der Waals surface area contributed by atoms with Gasteiger partial charge in [-0.25, -0.2) is 4.79 Å². The van der Waals surface area contributed by atoms with Crippen LogP contribution in [0.2, 0.25) is 0 Å². The van der Waals surface area contributed by atoms with E-state index in [4.69, 9.17) is 4.74 Å². The predicted molar refractivity (Wildman–Crippen MR) is 83.6 cm³/mol. The van der Waals surface area contributed by atoms with Crippen molar-refractivity contribution in [2.24, 2.45) is 0 Å². The molecule has 1 fully saturated rings. The summed E-state index contributed by atoms with van der Waals surface area (Å²) in [6.07, 6.45) is -0.534. The minimum absolute atomic E-state index is 0.161. The second-order valence-corrected chi connectivity index (χ2v) is 5.56. The van der Waals surface area contributed by atoms with Crippen molar-refractivity contribution in [3.63, 3.8) is 0 Å². The largest absolute Gasteiger partial charge is 0.508 e. The van der Waals surface area contributed by atoms with Gasteiger partial charge in [0.1, 0.15) is 11.8 Å². The van der Waals surface area contributed by atoms with Crippen LogP contribution in [-0.2, 0) is 20.7 Å². The van der Waals surface area contributed by atoms with Crippen LogP contribution in [0, 0.1) is 0 Å².